The van der Waals surface area contributed by atoms with E-state index in [1.54, 1.807) is 23.5 Å². The average molecular weight is 260 g/mol. The second kappa shape index (κ2) is 5.69. The van der Waals surface area contributed by atoms with Crippen LogP contribution in [0.2, 0.25) is 0 Å². The standard InChI is InChI=1S/C14H16N2OS/c1-10-2-3-12(8-13(10)15)14(17)16-6-4-11-5-7-18-9-11/h2-3,5,7-9H,4,6,15H2,1H3,(H,16,17). The molecule has 3 N–H and O–H groups in total. The molecule has 0 atom stereocenters. The van der Waals surface area contributed by atoms with Gasteiger partial charge in [-0.05, 0) is 53.4 Å². The van der Waals surface area contributed by atoms with Gasteiger partial charge in [-0.3, -0.25) is 4.79 Å². The number of hydrogen-bond acceptors (Lipinski definition) is 3. The zero-order valence-electron chi connectivity index (χ0n) is 10.3. The Bertz CT molecular complexity index is 535. The van der Waals surface area contributed by atoms with Crippen LogP contribution in [0.5, 0.6) is 0 Å². The number of nitrogen functional groups attached to an aromatic ring is 1. The molecule has 1 amide bonds. The zero-order valence-corrected chi connectivity index (χ0v) is 11.1. The number of aryl methyl sites for hydroxylation is 1. The van der Waals surface area contributed by atoms with Crippen molar-refractivity contribution in [2.45, 2.75) is 13.3 Å². The van der Waals surface area contributed by atoms with Gasteiger partial charge in [-0.2, -0.15) is 11.3 Å². The minimum absolute atomic E-state index is 0.0723. The topological polar surface area (TPSA) is 55.1 Å². The lowest BCUT2D eigenvalue weighted by atomic mass is 10.1. The quantitative estimate of drug-likeness (QED) is 0.830. The lowest BCUT2D eigenvalue weighted by molar-refractivity contribution is 0.0954. The van der Waals surface area contributed by atoms with E-state index in [4.69, 9.17) is 5.73 Å². The second-order valence-corrected chi connectivity index (χ2v) is 4.99. The summed E-state index contributed by atoms with van der Waals surface area (Å²) in [5, 5.41) is 7.03. The molecule has 0 saturated carbocycles. The molecule has 94 valence electrons. The Balaban J connectivity index is 1.89. The largest absolute Gasteiger partial charge is 0.398 e. The van der Waals surface area contributed by atoms with Crippen molar-refractivity contribution in [2.75, 3.05) is 12.3 Å². The van der Waals surface area contributed by atoms with Crippen LogP contribution in [0.3, 0.4) is 0 Å². The molecule has 2 rings (SSSR count). The molecule has 0 radical (unpaired) electrons. The van der Waals surface area contributed by atoms with Crippen molar-refractivity contribution >= 4 is 22.9 Å². The van der Waals surface area contributed by atoms with E-state index < -0.39 is 0 Å². The maximum absolute atomic E-state index is 11.9. The average Bonchev–Trinajstić information content (AvgIpc) is 2.85. The van der Waals surface area contributed by atoms with Gasteiger partial charge in [0.2, 0.25) is 0 Å². The Morgan fingerprint density at radius 2 is 2.22 bits per heavy atom. The van der Waals surface area contributed by atoms with E-state index in [0.29, 0.717) is 17.8 Å². The Labute approximate surface area is 111 Å². The number of hydrogen-bond donors (Lipinski definition) is 2. The molecule has 1 heterocycles. The molecule has 18 heavy (non-hydrogen) atoms. The maximum Gasteiger partial charge on any atom is 0.251 e. The number of nitrogens with two attached hydrogens (primary N) is 1. The lowest BCUT2D eigenvalue weighted by Crippen LogP contribution is -2.25. The highest BCUT2D eigenvalue weighted by Crippen LogP contribution is 2.12. The Morgan fingerprint density at radius 3 is 2.89 bits per heavy atom. The fourth-order valence-electron chi connectivity index (χ4n) is 1.64. The molecule has 1 aromatic carbocycles. The van der Waals surface area contributed by atoms with Crippen LogP contribution in [-0.4, -0.2) is 12.5 Å². The van der Waals surface area contributed by atoms with Crippen molar-refractivity contribution in [3.05, 3.63) is 51.7 Å². The minimum atomic E-state index is -0.0723. The third kappa shape index (κ3) is 3.11. The van der Waals surface area contributed by atoms with Crippen LogP contribution < -0.4 is 11.1 Å². The molecule has 0 fully saturated rings. The molecule has 1 aromatic heterocycles. The predicted molar refractivity (Wildman–Crippen MR) is 75.9 cm³/mol. The number of rotatable bonds is 4. The number of carbonyl (C=O) groups excluding carboxylic acids is 1. The van der Waals surface area contributed by atoms with Crippen LogP contribution in [0.25, 0.3) is 0 Å². The van der Waals surface area contributed by atoms with Crippen molar-refractivity contribution in [3.8, 4) is 0 Å². The molecule has 2 aromatic rings. The van der Waals surface area contributed by atoms with E-state index in [2.05, 4.69) is 16.8 Å². The number of nitrogens with one attached hydrogen (secondary N) is 1. The molecular weight excluding hydrogens is 244 g/mol. The highest BCUT2D eigenvalue weighted by atomic mass is 32.1. The fraction of sp³-hybridized carbons (Fsp3) is 0.214. The number of benzene rings is 1. The first-order chi connectivity index (χ1) is 8.66. The number of amides is 1. The van der Waals surface area contributed by atoms with E-state index in [1.807, 2.05) is 18.4 Å². The second-order valence-electron chi connectivity index (χ2n) is 4.21. The van der Waals surface area contributed by atoms with E-state index >= 15 is 0 Å². The third-order valence-corrected chi connectivity index (χ3v) is 3.55. The van der Waals surface area contributed by atoms with Crippen LogP contribution in [0.1, 0.15) is 21.5 Å². The van der Waals surface area contributed by atoms with E-state index in [1.165, 1.54) is 5.56 Å². The van der Waals surface area contributed by atoms with E-state index in [-0.39, 0.29) is 5.91 Å². The van der Waals surface area contributed by atoms with Gasteiger partial charge in [-0.15, -0.1) is 0 Å². The highest BCUT2D eigenvalue weighted by molar-refractivity contribution is 7.07. The summed E-state index contributed by atoms with van der Waals surface area (Å²) in [5.41, 5.74) is 9.30. The fourth-order valence-corrected chi connectivity index (χ4v) is 2.34. The van der Waals surface area contributed by atoms with Gasteiger partial charge in [0, 0.05) is 17.8 Å². The van der Waals surface area contributed by atoms with E-state index in [9.17, 15) is 4.79 Å². The summed E-state index contributed by atoms with van der Waals surface area (Å²) >= 11 is 1.67. The summed E-state index contributed by atoms with van der Waals surface area (Å²) in [7, 11) is 0. The van der Waals surface area contributed by atoms with Gasteiger partial charge in [0.05, 0.1) is 0 Å². The Kier molecular flexibility index (Phi) is 3.99. The number of anilines is 1. The first-order valence-electron chi connectivity index (χ1n) is 5.82. The first kappa shape index (κ1) is 12.6. The molecule has 0 spiro atoms. The van der Waals surface area contributed by atoms with Crippen molar-refractivity contribution in [1.29, 1.82) is 0 Å². The van der Waals surface area contributed by atoms with Crippen molar-refractivity contribution < 1.29 is 4.79 Å². The summed E-state index contributed by atoms with van der Waals surface area (Å²) in [4.78, 5) is 11.9. The molecular formula is C14H16N2OS. The summed E-state index contributed by atoms with van der Waals surface area (Å²) in [5.74, 6) is -0.0723. The minimum Gasteiger partial charge on any atom is -0.398 e. The zero-order chi connectivity index (χ0) is 13.0. The van der Waals surface area contributed by atoms with Gasteiger partial charge < -0.3 is 11.1 Å². The van der Waals surface area contributed by atoms with E-state index in [0.717, 1.165) is 12.0 Å². The summed E-state index contributed by atoms with van der Waals surface area (Å²) in [6.07, 6.45) is 0.858. The molecule has 0 unspecified atom stereocenters. The van der Waals surface area contributed by atoms with Crippen LogP contribution in [0.15, 0.2) is 35.0 Å². The van der Waals surface area contributed by atoms with Crippen LogP contribution in [-0.2, 0) is 6.42 Å². The molecule has 0 aliphatic carbocycles. The van der Waals surface area contributed by atoms with Crippen molar-refractivity contribution in [3.63, 3.8) is 0 Å². The number of carbonyl (C=O) groups is 1. The SMILES string of the molecule is Cc1ccc(C(=O)NCCc2ccsc2)cc1N. The van der Waals surface area contributed by atoms with Crippen LogP contribution >= 0.6 is 11.3 Å². The summed E-state index contributed by atoms with van der Waals surface area (Å²) < 4.78 is 0. The smallest absolute Gasteiger partial charge is 0.251 e. The highest BCUT2D eigenvalue weighted by Gasteiger charge is 2.06. The van der Waals surface area contributed by atoms with Gasteiger partial charge in [0.15, 0.2) is 0 Å². The molecule has 0 saturated heterocycles. The summed E-state index contributed by atoms with van der Waals surface area (Å²) in [6.45, 7) is 2.57. The van der Waals surface area contributed by atoms with Gasteiger partial charge in [0.25, 0.3) is 5.91 Å². The molecule has 0 bridgehead atoms. The first-order valence-corrected chi connectivity index (χ1v) is 6.76. The third-order valence-electron chi connectivity index (χ3n) is 2.82. The van der Waals surface area contributed by atoms with Gasteiger partial charge in [-0.25, -0.2) is 0 Å². The predicted octanol–water partition coefficient (Wildman–Crippen LogP) is 2.61. The Morgan fingerprint density at radius 1 is 1.39 bits per heavy atom. The summed E-state index contributed by atoms with van der Waals surface area (Å²) in [6, 6.07) is 7.45. The van der Waals surface area contributed by atoms with Crippen molar-refractivity contribution in [2.24, 2.45) is 0 Å². The normalized spacial score (nSPS) is 10.3. The monoisotopic (exact) mass is 260 g/mol. The van der Waals surface area contributed by atoms with Crippen LogP contribution in [0, 0.1) is 6.92 Å². The van der Waals surface area contributed by atoms with Gasteiger partial charge in [0.1, 0.15) is 0 Å². The van der Waals surface area contributed by atoms with Gasteiger partial charge >= 0.3 is 0 Å². The van der Waals surface area contributed by atoms with Gasteiger partial charge in [-0.1, -0.05) is 6.07 Å². The van der Waals surface area contributed by atoms with Crippen molar-refractivity contribution in [1.82, 2.24) is 5.32 Å². The molecule has 3 nitrogen and oxygen atoms in total. The maximum atomic E-state index is 11.9. The molecule has 0 aliphatic rings. The lowest BCUT2D eigenvalue weighted by Gasteiger charge is -2.06. The molecule has 0 aliphatic heterocycles. The Hall–Kier alpha value is -1.81. The molecule has 4 heteroatoms. The number of thiophene rings is 1. The van der Waals surface area contributed by atoms with Crippen LogP contribution in [0.4, 0.5) is 5.69 Å².